The second-order valence-electron chi connectivity index (χ2n) is 6.24. The Hall–Kier alpha value is -2.53. The third kappa shape index (κ3) is 4.76. The van der Waals surface area contributed by atoms with Gasteiger partial charge < -0.3 is 14.8 Å². The largest absolute Gasteiger partial charge is 0.482 e. The Bertz CT molecular complexity index is 835. The molecule has 26 heavy (non-hydrogen) atoms. The first-order valence-electron chi connectivity index (χ1n) is 8.47. The molecule has 136 valence electrons. The topological polar surface area (TPSA) is 64.6 Å². The number of amides is 1. The summed E-state index contributed by atoms with van der Waals surface area (Å²) in [4.78, 5) is 23.7. The van der Waals surface area contributed by atoms with Crippen LogP contribution in [0.2, 0.25) is 5.02 Å². The SMILES string of the molecule is Cc1ccc(Cl)cc1NC(=O)COC(=O)COc1ccc2c(c1)CCC2. The van der Waals surface area contributed by atoms with Gasteiger partial charge in [-0.05, 0) is 67.1 Å². The number of carbonyl (C=O) groups excluding carboxylic acids is 2. The summed E-state index contributed by atoms with van der Waals surface area (Å²) in [7, 11) is 0. The molecule has 1 aliphatic rings. The number of hydrogen-bond acceptors (Lipinski definition) is 4. The van der Waals surface area contributed by atoms with E-state index in [1.54, 1.807) is 18.2 Å². The van der Waals surface area contributed by atoms with Crippen LogP contribution < -0.4 is 10.1 Å². The number of esters is 1. The minimum Gasteiger partial charge on any atom is -0.482 e. The Morgan fingerprint density at radius 2 is 1.88 bits per heavy atom. The Morgan fingerprint density at radius 1 is 1.08 bits per heavy atom. The van der Waals surface area contributed by atoms with E-state index in [0.717, 1.165) is 24.8 Å². The molecule has 2 aromatic carbocycles. The fourth-order valence-corrected chi connectivity index (χ4v) is 3.06. The predicted octanol–water partition coefficient (Wildman–Crippen LogP) is 3.70. The monoisotopic (exact) mass is 373 g/mol. The van der Waals surface area contributed by atoms with Crippen molar-refractivity contribution in [2.45, 2.75) is 26.2 Å². The molecule has 0 aliphatic heterocycles. The molecular formula is C20H20ClNO4. The maximum absolute atomic E-state index is 11.9. The predicted molar refractivity (Wildman–Crippen MR) is 99.7 cm³/mol. The Balaban J connectivity index is 1.43. The highest BCUT2D eigenvalue weighted by molar-refractivity contribution is 6.31. The molecule has 0 bridgehead atoms. The number of aryl methyl sites for hydroxylation is 3. The minimum absolute atomic E-state index is 0.234. The lowest BCUT2D eigenvalue weighted by molar-refractivity contribution is -0.149. The van der Waals surface area contributed by atoms with Gasteiger partial charge in [-0.2, -0.15) is 0 Å². The van der Waals surface area contributed by atoms with E-state index < -0.39 is 11.9 Å². The van der Waals surface area contributed by atoms with Crippen LogP contribution in [0.1, 0.15) is 23.1 Å². The molecule has 0 saturated carbocycles. The number of hydrogen-bond donors (Lipinski definition) is 1. The number of ether oxygens (including phenoxy) is 2. The number of benzene rings is 2. The molecule has 1 aliphatic carbocycles. The number of anilines is 1. The number of rotatable bonds is 6. The van der Waals surface area contributed by atoms with E-state index in [9.17, 15) is 9.59 Å². The van der Waals surface area contributed by atoms with Crippen LogP contribution in [0, 0.1) is 6.92 Å². The molecule has 6 heteroatoms. The van der Waals surface area contributed by atoms with Crippen molar-refractivity contribution in [1.29, 1.82) is 0 Å². The average molecular weight is 374 g/mol. The van der Waals surface area contributed by atoms with E-state index in [4.69, 9.17) is 21.1 Å². The van der Waals surface area contributed by atoms with E-state index in [2.05, 4.69) is 5.32 Å². The van der Waals surface area contributed by atoms with Gasteiger partial charge in [-0.25, -0.2) is 4.79 Å². The lowest BCUT2D eigenvalue weighted by Gasteiger charge is -2.10. The number of nitrogens with one attached hydrogen (secondary N) is 1. The van der Waals surface area contributed by atoms with Crippen molar-refractivity contribution in [3.63, 3.8) is 0 Å². The van der Waals surface area contributed by atoms with Gasteiger partial charge in [-0.15, -0.1) is 0 Å². The summed E-state index contributed by atoms with van der Waals surface area (Å²) in [5.74, 6) is -0.383. The summed E-state index contributed by atoms with van der Waals surface area (Å²) < 4.78 is 10.4. The van der Waals surface area contributed by atoms with Crippen molar-refractivity contribution in [3.8, 4) is 5.75 Å². The number of carbonyl (C=O) groups is 2. The molecule has 0 unspecified atom stereocenters. The normalized spacial score (nSPS) is 12.4. The van der Waals surface area contributed by atoms with Crippen molar-refractivity contribution < 1.29 is 19.1 Å². The Morgan fingerprint density at radius 3 is 2.73 bits per heavy atom. The van der Waals surface area contributed by atoms with Gasteiger partial charge in [0, 0.05) is 10.7 Å². The zero-order chi connectivity index (χ0) is 18.5. The van der Waals surface area contributed by atoms with Gasteiger partial charge >= 0.3 is 5.97 Å². The summed E-state index contributed by atoms with van der Waals surface area (Å²) in [5.41, 5.74) is 4.07. The van der Waals surface area contributed by atoms with Crippen molar-refractivity contribution in [2.24, 2.45) is 0 Å². The maximum atomic E-state index is 11.9. The first-order valence-corrected chi connectivity index (χ1v) is 8.85. The van der Waals surface area contributed by atoms with Gasteiger partial charge in [0.15, 0.2) is 13.2 Å². The second kappa shape index (κ2) is 8.23. The van der Waals surface area contributed by atoms with Crippen molar-refractivity contribution in [1.82, 2.24) is 0 Å². The van der Waals surface area contributed by atoms with Crippen LogP contribution in [0.5, 0.6) is 5.75 Å². The van der Waals surface area contributed by atoms with Crippen molar-refractivity contribution in [2.75, 3.05) is 18.5 Å². The molecule has 1 amide bonds. The van der Waals surface area contributed by atoms with E-state index in [0.29, 0.717) is 16.5 Å². The third-order valence-corrected chi connectivity index (χ3v) is 4.50. The molecule has 1 N–H and O–H groups in total. The van der Waals surface area contributed by atoms with Gasteiger partial charge in [0.25, 0.3) is 5.91 Å². The summed E-state index contributed by atoms with van der Waals surface area (Å²) in [6.07, 6.45) is 3.29. The molecule has 0 spiro atoms. The first kappa shape index (κ1) is 18.3. The first-order chi connectivity index (χ1) is 12.5. The van der Waals surface area contributed by atoms with Crippen molar-refractivity contribution in [3.05, 3.63) is 58.1 Å². The fraction of sp³-hybridized carbons (Fsp3) is 0.300. The highest BCUT2D eigenvalue weighted by Gasteiger charge is 2.13. The lowest BCUT2D eigenvalue weighted by atomic mass is 10.1. The number of halogens is 1. The van der Waals surface area contributed by atoms with Crippen LogP contribution in [-0.2, 0) is 27.2 Å². The highest BCUT2D eigenvalue weighted by Crippen LogP contribution is 2.26. The Labute approximate surface area is 157 Å². The maximum Gasteiger partial charge on any atom is 0.344 e. The van der Waals surface area contributed by atoms with Crippen LogP contribution in [0.15, 0.2) is 36.4 Å². The molecule has 0 aromatic heterocycles. The van der Waals surface area contributed by atoms with E-state index in [-0.39, 0.29) is 13.2 Å². The quantitative estimate of drug-likeness (QED) is 0.784. The summed E-state index contributed by atoms with van der Waals surface area (Å²) >= 11 is 5.91. The van der Waals surface area contributed by atoms with Gasteiger partial charge in [0.1, 0.15) is 5.75 Å². The lowest BCUT2D eigenvalue weighted by Crippen LogP contribution is -2.24. The molecule has 0 radical (unpaired) electrons. The molecule has 2 aromatic rings. The van der Waals surface area contributed by atoms with Crippen LogP contribution >= 0.6 is 11.6 Å². The summed E-state index contributed by atoms with van der Waals surface area (Å²) in [6, 6.07) is 11.0. The molecule has 0 fully saturated rings. The Kier molecular flexibility index (Phi) is 5.78. The molecule has 5 nitrogen and oxygen atoms in total. The molecule has 0 saturated heterocycles. The van der Waals surface area contributed by atoms with Crippen LogP contribution in [0.3, 0.4) is 0 Å². The van der Waals surface area contributed by atoms with Crippen LogP contribution in [0.25, 0.3) is 0 Å². The average Bonchev–Trinajstić information content (AvgIpc) is 3.09. The summed E-state index contributed by atoms with van der Waals surface area (Å²) in [5, 5.41) is 3.19. The molecule has 0 heterocycles. The zero-order valence-electron chi connectivity index (χ0n) is 14.5. The minimum atomic E-state index is -0.594. The van der Waals surface area contributed by atoms with Crippen LogP contribution in [-0.4, -0.2) is 25.1 Å². The molecule has 0 atom stereocenters. The standard InChI is InChI=1S/C20H20ClNO4/c1-13-5-7-16(21)10-18(13)22-19(23)11-26-20(24)12-25-17-8-6-14-3-2-4-15(14)9-17/h5-10H,2-4,11-12H2,1H3,(H,22,23). The van der Waals surface area contributed by atoms with Crippen LogP contribution in [0.4, 0.5) is 5.69 Å². The fourth-order valence-electron chi connectivity index (χ4n) is 2.88. The van der Waals surface area contributed by atoms with E-state index >= 15 is 0 Å². The summed E-state index contributed by atoms with van der Waals surface area (Å²) in [6.45, 7) is 1.24. The van der Waals surface area contributed by atoms with Crippen molar-refractivity contribution >= 4 is 29.2 Å². The third-order valence-electron chi connectivity index (χ3n) is 4.26. The highest BCUT2D eigenvalue weighted by atomic mass is 35.5. The van der Waals surface area contributed by atoms with E-state index in [1.807, 2.05) is 25.1 Å². The van der Waals surface area contributed by atoms with Gasteiger partial charge in [0.2, 0.25) is 0 Å². The van der Waals surface area contributed by atoms with Gasteiger partial charge in [-0.1, -0.05) is 23.7 Å². The molecular weight excluding hydrogens is 354 g/mol. The van der Waals surface area contributed by atoms with Gasteiger partial charge in [-0.3, -0.25) is 4.79 Å². The number of fused-ring (bicyclic) bond motifs is 1. The second-order valence-corrected chi connectivity index (χ2v) is 6.68. The van der Waals surface area contributed by atoms with Gasteiger partial charge in [0.05, 0.1) is 0 Å². The smallest absolute Gasteiger partial charge is 0.344 e. The van der Waals surface area contributed by atoms with E-state index in [1.165, 1.54) is 11.1 Å². The zero-order valence-corrected chi connectivity index (χ0v) is 15.3. The molecule has 3 rings (SSSR count).